The molecule has 0 unspecified atom stereocenters. The molecule has 1 aromatic rings. The zero-order chi connectivity index (χ0) is 20.3. The smallest absolute Gasteiger partial charge is 0.241 e. The summed E-state index contributed by atoms with van der Waals surface area (Å²) in [6, 6.07) is 2.26. The fourth-order valence-corrected chi connectivity index (χ4v) is 4.49. The normalized spacial score (nSPS) is 22.9. The van der Waals surface area contributed by atoms with Crippen LogP contribution in [-0.4, -0.2) is 77.1 Å². The van der Waals surface area contributed by atoms with Gasteiger partial charge < -0.3 is 14.7 Å². The van der Waals surface area contributed by atoms with Crippen LogP contribution in [0, 0.1) is 5.92 Å². The molecule has 1 saturated carbocycles. The molecule has 7 heteroatoms. The van der Waals surface area contributed by atoms with Gasteiger partial charge in [0, 0.05) is 46.1 Å². The summed E-state index contributed by atoms with van der Waals surface area (Å²) in [5.41, 5.74) is 2.47. The molecule has 0 bridgehead atoms. The first-order chi connectivity index (χ1) is 13.3. The largest absolute Gasteiger partial charge is 0.344 e. The molecule has 0 atom stereocenters. The third-order valence-corrected chi connectivity index (χ3v) is 6.19. The van der Waals surface area contributed by atoms with Gasteiger partial charge in [-0.15, -0.1) is 0 Å². The third kappa shape index (κ3) is 5.13. The van der Waals surface area contributed by atoms with Crippen LogP contribution in [0.25, 0.3) is 0 Å². The molecule has 7 nitrogen and oxygen atoms in total. The number of hydrogen-bond acceptors (Lipinski definition) is 4. The van der Waals surface area contributed by atoms with Crippen LogP contribution in [-0.2, 0) is 23.2 Å². The molecule has 156 valence electrons. The van der Waals surface area contributed by atoms with Gasteiger partial charge in [-0.3, -0.25) is 14.3 Å². The summed E-state index contributed by atoms with van der Waals surface area (Å²) in [4.78, 5) is 29.9. The van der Waals surface area contributed by atoms with Crippen molar-refractivity contribution in [3.63, 3.8) is 0 Å². The maximum Gasteiger partial charge on any atom is 0.241 e. The van der Waals surface area contributed by atoms with Gasteiger partial charge in [-0.25, -0.2) is 0 Å². The van der Waals surface area contributed by atoms with Crippen molar-refractivity contribution in [1.29, 1.82) is 0 Å². The molecule has 2 amide bonds. The Morgan fingerprint density at radius 1 is 1.21 bits per heavy atom. The summed E-state index contributed by atoms with van der Waals surface area (Å²) in [6.45, 7) is 2.67. The topological polar surface area (TPSA) is 61.7 Å². The molecule has 2 fully saturated rings. The molecule has 3 rings (SSSR count). The quantitative estimate of drug-likeness (QED) is 0.714. The lowest BCUT2D eigenvalue weighted by Crippen LogP contribution is -2.41. The van der Waals surface area contributed by atoms with Gasteiger partial charge in [-0.1, -0.05) is 0 Å². The van der Waals surface area contributed by atoms with Gasteiger partial charge in [-0.05, 0) is 58.2 Å². The summed E-state index contributed by atoms with van der Waals surface area (Å²) in [7, 11) is 8.06. The van der Waals surface area contributed by atoms with Crippen molar-refractivity contribution < 1.29 is 9.59 Å². The van der Waals surface area contributed by atoms with Crippen LogP contribution in [0.1, 0.15) is 55.8 Å². The molecule has 28 heavy (non-hydrogen) atoms. The summed E-state index contributed by atoms with van der Waals surface area (Å²) >= 11 is 0. The Kier molecular flexibility index (Phi) is 6.75. The van der Waals surface area contributed by atoms with E-state index in [9.17, 15) is 9.59 Å². The Labute approximate surface area is 168 Å². The van der Waals surface area contributed by atoms with Crippen LogP contribution in [0.5, 0.6) is 0 Å². The van der Waals surface area contributed by atoms with E-state index in [0.717, 1.165) is 51.7 Å². The zero-order valence-electron chi connectivity index (χ0n) is 17.9. The van der Waals surface area contributed by atoms with Gasteiger partial charge in [-0.2, -0.15) is 5.10 Å². The van der Waals surface area contributed by atoms with Crippen molar-refractivity contribution in [2.45, 2.75) is 51.0 Å². The molecule has 2 aliphatic rings. The van der Waals surface area contributed by atoms with Crippen molar-refractivity contribution in [2.24, 2.45) is 13.0 Å². The van der Waals surface area contributed by atoms with Gasteiger partial charge in [0.15, 0.2) is 0 Å². The Morgan fingerprint density at radius 3 is 2.54 bits per heavy atom. The standard InChI is InChI=1S/C21H35N5O2/c1-23(2)14-18-12-19(22-25(18)4)17-9-7-16(8-10-17)13-24(3)21(28)15-26-11-5-6-20(26)27/h12,16-17H,5-11,13-15H2,1-4H3. The predicted octanol–water partition coefficient (Wildman–Crippen LogP) is 1.84. The Bertz CT molecular complexity index is 691. The van der Waals surface area contributed by atoms with E-state index in [1.165, 1.54) is 11.4 Å². The van der Waals surface area contributed by atoms with E-state index >= 15 is 0 Å². The number of carbonyl (C=O) groups is 2. The number of carbonyl (C=O) groups excluding carboxylic acids is 2. The molecule has 2 heterocycles. The number of likely N-dealkylation sites (N-methyl/N-ethyl adjacent to an activating group) is 1. The minimum atomic E-state index is 0.0652. The first-order valence-corrected chi connectivity index (χ1v) is 10.5. The predicted molar refractivity (Wildman–Crippen MR) is 109 cm³/mol. The van der Waals surface area contributed by atoms with Crippen LogP contribution < -0.4 is 0 Å². The van der Waals surface area contributed by atoms with Crippen molar-refractivity contribution in [2.75, 3.05) is 40.8 Å². The van der Waals surface area contributed by atoms with E-state index in [-0.39, 0.29) is 18.4 Å². The highest BCUT2D eigenvalue weighted by atomic mass is 16.2. The highest BCUT2D eigenvalue weighted by Gasteiger charge is 2.28. The molecule has 1 aliphatic carbocycles. The first kappa shape index (κ1) is 20.8. The fraction of sp³-hybridized carbons (Fsp3) is 0.762. The SMILES string of the molecule is CN(C)Cc1cc(C2CCC(CN(C)C(=O)CN3CCCC3=O)CC2)nn1C. The van der Waals surface area contributed by atoms with Crippen LogP contribution in [0.15, 0.2) is 6.07 Å². The minimum Gasteiger partial charge on any atom is -0.344 e. The monoisotopic (exact) mass is 389 g/mol. The number of aryl methyl sites for hydroxylation is 1. The van der Waals surface area contributed by atoms with E-state index in [1.54, 1.807) is 4.90 Å². The molecule has 0 spiro atoms. The van der Waals surface area contributed by atoms with Crippen LogP contribution >= 0.6 is 0 Å². The Morgan fingerprint density at radius 2 is 1.93 bits per heavy atom. The van der Waals surface area contributed by atoms with Crippen molar-refractivity contribution >= 4 is 11.8 Å². The lowest BCUT2D eigenvalue weighted by atomic mass is 9.80. The second kappa shape index (κ2) is 9.07. The second-order valence-corrected chi connectivity index (χ2v) is 8.83. The molecular formula is C21H35N5O2. The van der Waals surface area contributed by atoms with E-state index < -0.39 is 0 Å². The van der Waals surface area contributed by atoms with Gasteiger partial charge in [0.25, 0.3) is 0 Å². The average molecular weight is 390 g/mol. The maximum atomic E-state index is 12.4. The number of aromatic nitrogens is 2. The van der Waals surface area contributed by atoms with Crippen molar-refractivity contribution in [3.05, 3.63) is 17.5 Å². The van der Waals surface area contributed by atoms with E-state index in [4.69, 9.17) is 5.10 Å². The number of hydrogen-bond donors (Lipinski definition) is 0. The van der Waals surface area contributed by atoms with Crippen molar-refractivity contribution in [3.8, 4) is 0 Å². The van der Waals surface area contributed by atoms with Gasteiger partial charge in [0.2, 0.25) is 11.8 Å². The number of amides is 2. The van der Waals surface area contributed by atoms with E-state index in [0.29, 0.717) is 18.3 Å². The zero-order valence-corrected chi connectivity index (χ0v) is 17.9. The number of nitrogens with zero attached hydrogens (tertiary/aromatic N) is 5. The lowest BCUT2D eigenvalue weighted by Gasteiger charge is -2.31. The van der Waals surface area contributed by atoms with E-state index in [2.05, 4.69) is 25.1 Å². The second-order valence-electron chi connectivity index (χ2n) is 8.83. The van der Waals surface area contributed by atoms with Gasteiger partial charge in [0.05, 0.1) is 17.9 Å². The molecule has 0 aromatic carbocycles. The molecule has 0 radical (unpaired) electrons. The fourth-order valence-electron chi connectivity index (χ4n) is 4.49. The highest BCUT2D eigenvalue weighted by Crippen LogP contribution is 2.35. The number of likely N-dealkylation sites (tertiary alicyclic amines) is 1. The summed E-state index contributed by atoms with van der Waals surface area (Å²) in [5, 5.41) is 4.75. The minimum absolute atomic E-state index is 0.0652. The van der Waals surface area contributed by atoms with Gasteiger partial charge >= 0.3 is 0 Å². The first-order valence-electron chi connectivity index (χ1n) is 10.5. The highest BCUT2D eigenvalue weighted by molar-refractivity contribution is 5.85. The van der Waals surface area contributed by atoms with Crippen LogP contribution in [0.3, 0.4) is 0 Å². The van der Waals surface area contributed by atoms with Gasteiger partial charge in [0.1, 0.15) is 0 Å². The van der Waals surface area contributed by atoms with Crippen LogP contribution in [0.2, 0.25) is 0 Å². The summed E-state index contributed by atoms with van der Waals surface area (Å²) in [5.74, 6) is 1.26. The molecular weight excluding hydrogens is 354 g/mol. The number of rotatable bonds is 7. The summed E-state index contributed by atoms with van der Waals surface area (Å²) < 4.78 is 2.01. The Hall–Kier alpha value is -1.89. The molecule has 1 aliphatic heterocycles. The summed E-state index contributed by atoms with van der Waals surface area (Å²) in [6.07, 6.45) is 5.99. The third-order valence-electron chi connectivity index (χ3n) is 6.19. The van der Waals surface area contributed by atoms with E-state index in [1.807, 2.05) is 23.7 Å². The lowest BCUT2D eigenvalue weighted by molar-refractivity contribution is -0.137. The maximum absolute atomic E-state index is 12.4. The molecule has 0 N–H and O–H groups in total. The van der Waals surface area contributed by atoms with Crippen molar-refractivity contribution in [1.82, 2.24) is 24.5 Å². The average Bonchev–Trinajstić information content (AvgIpc) is 3.21. The Balaban J connectivity index is 1.46. The molecule has 1 aromatic heterocycles. The molecule has 1 saturated heterocycles. The van der Waals surface area contributed by atoms with Crippen LogP contribution in [0.4, 0.5) is 0 Å².